The van der Waals surface area contributed by atoms with E-state index in [0.717, 1.165) is 24.3 Å². The first kappa shape index (κ1) is 12.2. The molecule has 1 aliphatic carbocycles. The quantitative estimate of drug-likeness (QED) is 0.916. The summed E-state index contributed by atoms with van der Waals surface area (Å²) in [5, 5.41) is 0. The maximum absolute atomic E-state index is 6.45. The normalized spacial score (nSPS) is 18.9. The van der Waals surface area contributed by atoms with Crippen molar-refractivity contribution in [3.05, 3.63) is 59.4 Å². The first-order valence-corrected chi connectivity index (χ1v) is 6.63. The van der Waals surface area contributed by atoms with Gasteiger partial charge in [0.2, 0.25) is 0 Å². The fourth-order valence-corrected chi connectivity index (χ4v) is 2.98. The van der Waals surface area contributed by atoms with E-state index in [1.165, 1.54) is 11.1 Å². The van der Waals surface area contributed by atoms with Gasteiger partial charge in [0.05, 0.1) is 18.8 Å². The minimum absolute atomic E-state index is 0.111. The number of hydrogen-bond donors (Lipinski definition) is 1. The topological polar surface area (TPSA) is 48.1 Å². The number of hydrogen-bond acceptors (Lipinski definition) is 3. The summed E-state index contributed by atoms with van der Waals surface area (Å²) in [5.41, 5.74) is 10.1. The largest absolute Gasteiger partial charge is 0.495 e. The van der Waals surface area contributed by atoms with Gasteiger partial charge >= 0.3 is 0 Å². The molecule has 0 radical (unpaired) electrons. The fraction of sp³-hybridized carbons (Fsp3) is 0.312. The van der Waals surface area contributed by atoms with E-state index in [4.69, 9.17) is 10.5 Å². The van der Waals surface area contributed by atoms with Crippen molar-refractivity contribution in [3.8, 4) is 5.75 Å². The molecule has 3 rings (SSSR count). The maximum Gasteiger partial charge on any atom is 0.141 e. The summed E-state index contributed by atoms with van der Waals surface area (Å²) in [7, 11) is 1.66. The van der Waals surface area contributed by atoms with Gasteiger partial charge in [-0.25, -0.2) is 0 Å². The number of benzene rings is 1. The van der Waals surface area contributed by atoms with Crippen molar-refractivity contribution in [2.24, 2.45) is 5.73 Å². The monoisotopic (exact) mass is 254 g/mol. The molecule has 2 N–H and O–H groups in total. The van der Waals surface area contributed by atoms with E-state index in [1.807, 2.05) is 12.1 Å². The van der Waals surface area contributed by atoms with Gasteiger partial charge < -0.3 is 10.5 Å². The number of fused-ring (bicyclic) bond motifs is 1. The summed E-state index contributed by atoms with van der Waals surface area (Å²) in [6, 6.07) is 12.2. The molecule has 98 valence electrons. The number of rotatable bonds is 3. The van der Waals surface area contributed by atoms with E-state index < -0.39 is 0 Å². The van der Waals surface area contributed by atoms with Gasteiger partial charge in [0, 0.05) is 12.1 Å². The summed E-state index contributed by atoms with van der Waals surface area (Å²) in [6.45, 7) is 0. The molecule has 1 aromatic heterocycles. The molecule has 19 heavy (non-hydrogen) atoms. The molecule has 0 saturated carbocycles. The predicted molar refractivity (Wildman–Crippen MR) is 75.2 cm³/mol. The molecule has 1 aromatic carbocycles. The van der Waals surface area contributed by atoms with Crippen LogP contribution in [0.25, 0.3) is 0 Å². The Morgan fingerprint density at radius 3 is 2.95 bits per heavy atom. The minimum Gasteiger partial charge on any atom is -0.495 e. The van der Waals surface area contributed by atoms with Gasteiger partial charge in [0.15, 0.2) is 0 Å². The molecule has 0 spiro atoms. The second-order valence-electron chi connectivity index (χ2n) is 4.96. The van der Waals surface area contributed by atoms with E-state index in [1.54, 1.807) is 13.3 Å². The Hall–Kier alpha value is -1.87. The van der Waals surface area contributed by atoms with Gasteiger partial charge in [-0.05, 0) is 36.1 Å². The smallest absolute Gasteiger partial charge is 0.141 e. The molecule has 1 heterocycles. The van der Waals surface area contributed by atoms with Crippen LogP contribution in [0.4, 0.5) is 0 Å². The van der Waals surface area contributed by atoms with Gasteiger partial charge in [-0.15, -0.1) is 0 Å². The number of nitrogens with two attached hydrogens (primary N) is 1. The molecule has 3 nitrogen and oxygen atoms in total. The van der Waals surface area contributed by atoms with Crippen LogP contribution < -0.4 is 10.5 Å². The van der Waals surface area contributed by atoms with Crippen LogP contribution in [0.3, 0.4) is 0 Å². The zero-order valence-electron chi connectivity index (χ0n) is 11.0. The van der Waals surface area contributed by atoms with Crippen LogP contribution in [0, 0.1) is 0 Å². The first-order chi connectivity index (χ1) is 9.31. The van der Waals surface area contributed by atoms with Crippen LogP contribution >= 0.6 is 0 Å². The Morgan fingerprint density at radius 1 is 1.26 bits per heavy atom. The van der Waals surface area contributed by atoms with Crippen molar-refractivity contribution in [1.29, 1.82) is 0 Å². The van der Waals surface area contributed by atoms with E-state index in [0.29, 0.717) is 5.92 Å². The number of aromatic nitrogens is 1. The molecular formula is C16H18N2O. The average Bonchev–Trinajstić information content (AvgIpc) is 2.90. The van der Waals surface area contributed by atoms with E-state index in [2.05, 4.69) is 29.2 Å². The van der Waals surface area contributed by atoms with Crippen molar-refractivity contribution >= 4 is 0 Å². The number of pyridine rings is 1. The van der Waals surface area contributed by atoms with E-state index in [9.17, 15) is 0 Å². The Kier molecular flexibility index (Phi) is 3.22. The lowest BCUT2D eigenvalue weighted by Crippen LogP contribution is -2.20. The summed E-state index contributed by atoms with van der Waals surface area (Å²) in [5.74, 6) is 1.11. The minimum atomic E-state index is -0.111. The lowest BCUT2D eigenvalue weighted by Gasteiger charge is -2.21. The highest BCUT2D eigenvalue weighted by atomic mass is 16.5. The molecule has 0 amide bonds. The molecule has 0 aliphatic heterocycles. The van der Waals surface area contributed by atoms with Crippen LogP contribution in [0.2, 0.25) is 0 Å². The Morgan fingerprint density at radius 2 is 2.11 bits per heavy atom. The van der Waals surface area contributed by atoms with Crippen molar-refractivity contribution in [3.63, 3.8) is 0 Å². The second kappa shape index (κ2) is 5.02. The van der Waals surface area contributed by atoms with Crippen molar-refractivity contribution in [2.75, 3.05) is 7.11 Å². The third-order valence-corrected chi connectivity index (χ3v) is 3.95. The highest BCUT2D eigenvalue weighted by Crippen LogP contribution is 2.41. The van der Waals surface area contributed by atoms with Crippen molar-refractivity contribution in [2.45, 2.75) is 24.8 Å². The van der Waals surface area contributed by atoms with Gasteiger partial charge in [0.25, 0.3) is 0 Å². The zero-order valence-corrected chi connectivity index (χ0v) is 11.0. The van der Waals surface area contributed by atoms with Gasteiger partial charge in [-0.3, -0.25) is 4.98 Å². The van der Waals surface area contributed by atoms with Crippen LogP contribution in [0.5, 0.6) is 5.75 Å². The molecular weight excluding hydrogens is 236 g/mol. The van der Waals surface area contributed by atoms with Crippen LogP contribution in [0.1, 0.15) is 35.2 Å². The first-order valence-electron chi connectivity index (χ1n) is 6.63. The van der Waals surface area contributed by atoms with E-state index in [-0.39, 0.29) is 6.04 Å². The highest BCUT2D eigenvalue weighted by Gasteiger charge is 2.30. The average molecular weight is 254 g/mol. The summed E-state index contributed by atoms with van der Waals surface area (Å²) in [6.07, 6.45) is 3.96. The zero-order chi connectivity index (χ0) is 13.2. The maximum atomic E-state index is 6.45. The third-order valence-electron chi connectivity index (χ3n) is 3.95. The van der Waals surface area contributed by atoms with Gasteiger partial charge in [-0.2, -0.15) is 0 Å². The molecule has 0 bridgehead atoms. The summed E-state index contributed by atoms with van der Waals surface area (Å²) < 4.78 is 5.37. The number of ether oxygens (including phenoxy) is 1. The molecule has 2 unspecified atom stereocenters. The SMILES string of the molecule is COc1cccnc1C(N)C1CCc2ccccc21. The molecule has 0 saturated heterocycles. The van der Waals surface area contributed by atoms with E-state index >= 15 is 0 Å². The Balaban J connectivity index is 1.95. The van der Waals surface area contributed by atoms with Gasteiger partial charge in [-0.1, -0.05) is 24.3 Å². The van der Waals surface area contributed by atoms with Crippen LogP contribution in [-0.4, -0.2) is 12.1 Å². The van der Waals surface area contributed by atoms with Crippen LogP contribution in [0.15, 0.2) is 42.6 Å². The summed E-state index contributed by atoms with van der Waals surface area (Å²) in [4.78, 5) is 4.42. The Labute approximate surface area is 113 Å². The van der Waals surface area contributed by atoms with Gasteiger partial charge in [0.1, 0.15) is 5.75 Å². The number of methoxy groups -OCH3 is 1. The Bertz CT molecular complexity index is 582. The van der Waals surface area contributed by atoms with Crippen molar-refractivity contribution in [1.82, 2.24) is 4.98 Å². The molecule has 2 aromatic rings. The molecule has 1 aliphatic rings. The molecule has 0 fully saturated rings. The molecule has 3 heteroatoms. The second-order valence-corrected chi connectivity index (χ2v) is 4.96. The third kappa shape index (κ3) is 2.10. The van der Waals surface area contributed by atoms with Crippen molar-refractivity contribution < 1.29 is 4.74 Å². The lowest BCUT2D eigenvalue weighted by molar-refractivity contribution is 0.395. The molecule has 2 atom stereocenters. The predicted octanol–water partition coefficient (Wildman–Crippen LogP) is 2.82. The number of nitrogens with zero attached hydrogens (tertiary/aromatic N) is 1. The number of aryl methyl sites for hydroxylation is 1. The lowest BCUT2D eigenvalue weighted by atomic mass is 9.91. The standard InChI is InChI=1S/C16H18N2O/c1-19-14-7-4-10-18-16(14)15(17)13-9-8-11-5-2-3-6-12(11)13/h2-7,10,13,15H,8-9,17H2,1H3. The summed E-state index contributed by atoms with van der Waals surface area (Å²) >= 11 is 0. The van der Waals surface area contributed by atoms with Crippen LogP contribution in [-0.2, 0) is 6.42 Å². The highest BCUT2D eigenvalue weighted by molar-refractivity contribution is 5.39. The fourth-order valence-electron chi connectivity index (χ4n) is 2.98.